The van der Waals surface area contributed by atoms with Crippen LogP contribution in [0, 0.1) is 5.92 Å². The first kappa shape index (κ1) is 15.5. The van der Waals surface area contributed by atoms with Gasteiger partial charge in [-0.15, -0.1) is 0 Å². The summed E-state index contributed by atoms with van der Waals surface area (Å²) in [7, 11) is 0. The lowest BCUT2D eigenvalue weighted by Gasteiger charge is -2.31. The Labute approximate surface area is 113 Å². The summed E-state index contributed by atoms with van der Waals surface area (Å²) >= 11 is 0. The molecule has 2 unspecified atom stereocenters. The van der Waals surface area contributed by atoms with E-state index in [1.807, 2.05) is 44.2 Å². The van der Waals surface area contributed by atoms with Crippen LogP contribution in [0.15, 0.2) is 30.3 Å². The molecule has 16 heavy (non-hydrogen) atoms. The number of rotatable bonds is 4. The Bertz CT molecular complexity index is 337. The largest absolute Gasteiger partial charge is 0.481 e. The van der Waals surface area contributed by atoms with Crippen LogP contribution in [-0.2, 0) is 10.2 Å². The van der Waals surface area contributed by atoms with E-state index in [0.29, 0.717) is 0 Å². The van der Waals surface area contributed by atoms with Crippen molar-refractivity contribution in [1.82, 2.24) is 0 Å². The molecule has 2 atom stereocenters. The first-order chi connectivity index (χ1) is 7.03. The van der Waals surface area contributed by atoms with E-state index >= 15 is 0 Å². The van der Waals surface area contributed by atoms with E-state index in [1.54, 1.807) is 6.92 Å². The SMILES string of the molecule is CCC(C)C(C)(C(=O)O)c1ccccc1.[MgH2]. The maximum Gasteiger partial charge on any atom is 0.316 e. The Morgan fingerprint density at radius 1 is 1.38 bits per heavy atom. The van der Waals surface area contributed by atoms with Crippen molar-refractivity contribution in [3.05, 3.63) is 35.9 Å². The molecule has 1 N–H and O–H groups in total. The maximum absolute atomic E-state index is 11.4. The van der Waals surface area contributed by atoms with Crippen LogP contribution in [-0.4, -0.2) is 34.1 Å². The maximum atomic E-state index is 11.4. The summed E-state index contributed by atoms with van der Waals surface area (Å²) in [4.78, 5) is 11.4. The number of carboxylic acids is 1. The quantitative estimate of drug-likeness (QED) is 0.808. The molecule has 0 aromatic heterocycles. The summed E-state index contributed by atoms with van der Waals surface area (Å²) in [5.74, 6) is -0.625. The molecule has 0 aliphatic heterocycles. The van der Waals surface area contributed by atoms with E-state index in [4.69, 9.17) is 0 Å². The van der Waals surface area contributed by atoms with Crippen molar-refractivity contribution in [1.29, 1.82) is 0 Å². The van der Waals surface area contributed by atoms with Crippen LogP contribution in [0.25, 0.3) is 0 Å². The minimum atomic E-state index is -0.782. The number of hydrogen-bond donors (Lipinski definition) is 1. The summed E-state index contributed by atoms with van der Waals surface area (Å²) in [6, 6.07) is 9.46. The van der Waals surface area contributed by atoms with Crippen LogP contribution in [0.4, 0.5) is 0 Å². The standard InChI is InChI=1S/C13H18O2.Mg.2H/c1-4-10(2)13(3,12(14)15)11-8-6-5-7-9-11;;;/h5-10H,4H2,1-3H3,(H,14,15);;;. The second kappa shape index (κ2) is 6.26. The van der Waals surface area contributed by atoms with Gasteiger partial charge in [-0.05, 0) is 18.4 Å². The lowest BCUT2D eigenvalue weighted by Crippen LogP contribution is -2.38. The highest BCUT2D eigenvalue weighted by Crippen LogP contribution is 2.34. The number of aliphatic carboxylic acids is 1. The van der Waals surface area contributed by atoms with Crippen molar-refractivity contribution in [3.8, 4) is 0 Å². The average Bonchev–Trinajstić information content (AvgIpc) is 2.27. The van der Waals surface area contributed by atoms with E-state index in [9.17, 15) is 9.90 Å². The fourth-order valence-electron chi connectivity index (χ4n) is 1.81. The van der Waals surface area contributed by atoms with Gasteiger partial charge in [0.15, 0.2) is 0 Å². The molecule has 1 aromatic carbocycles. The van der Waals surface area contributed by atoms with Gasteiger partial charge < -0.3 is 5.11 Å². The van der Waals surface area contributed by atoms with Crippen LogP contribution in [0.2, 0.25) is 0 Å². The molecule has 0 saturated carbocycles. The Kier molecular flexibility index (Phi) is 6.04. The smallest absolute Gasteiger partial charge is 0.316 e. The summed E-state index contributed by atoms with van der Waals surface area (Å²) < 4.78 is 0. The van der Waals surface area contributed by atoms with Gasteiger partial charge in [-0.3, -0.25) is 4.79 Å². The lowest BCUT2D eigenvalue weighted by molar-refractivity contribution is -0.145. The second-order valence-corrected chi connectivity index (χ2v) is 4.18. The van der Waals surface area contributed by atoms with Gasteiger partial charge in [0, 0.05) is 0 Å². The highest BCUT2D eigenvalue weighted by Gasteiger charge is 2.39. The van der Waals surface area contributed by atoms with E-state index in [1.165, 1.54) is 0 Å². The van der Waals surface area contributed by atoms with E-state index in [-0.39, 0.29) is 29.0 Å². The summed E-state index contributed by atoms with van der Waals surface area (Å²) in [5.41, 5.74) is 0.0996. The minimum Gasteiger partial charge on any atom is -0.481 e. The molecule has 0 aliphatic rings. The molecule has 0 saturated heterocycles. The first-order valence-corrected chi connectivity index (χ1v) is 5.32. The average molecular weight is 233 g/mol. The van der Waals surface area contributed by atoms with Gasteiger partial charge in [0.1, 0.15) is 0 Å². The van der Waals surface area contributed by atoms with Gasteiger partial charge in [0.2, 0.25) is 0 Å². The Balaban J connectivity index is 0.00000225. The Morgan fingerprint density at radius 2 is 1.88 bits per heavy atom. The van der Waals surface area contributed by atoms with Gasteiger partial charge in [0.05, 0.1) is 5.41 Å². The molecule has 2 nitrogen and oxygen atoms in total. The van der Waals surface area contributed by atoms with E-state index in [0.717, 1.165) is 12.0 Å². The zero-order valence-electron chi connectivity index (χ0n) is 9.53. The normalized spacial score (nSPS) is 15.7. The zero-order chi connectivity index (χ0) is 11.5. The first-order valence-electron chi connectivity index (χ1n) is 5.32. The van der Waals surface area contributed by atoms with Crippen molar-refractivity contribution in [3.63, 3.8) is 0 Å². The fraction of sp³-hybridized carbons (Fsp3) is 0.462. The third kappa shape index (κ3) is 2.77. The monoisotopic (exact) mass is 232 g/mol. The second-order valence-electron chi connectivity index (χ2n) is 4.18. The number of benzene rings is 1. The van der Waals surface area contributed by atoms with Crippen LogP contribution in [0.1, 0.15) is 32.8 Å². The summed E-state index contributed by atoms with van der Waals surface area (Å²) in [5, 5.41) is 9.39. The van der Waals surface area contributed by atoms with E-state index in [2.05, 4.69) is 0 Å². The number of carbonyl (C=O) groups is 1. The lowest BCUT2D eigenvalue weighted by atomic mass is 9.71. The van der Waals surface area contributed by atoms with Gasteiger partial charge in [-0.25, -0.2) is 0 Å². The summed E-state index contributed by atoms with van der Waals surface area (Å²) in [6.07, 6.45) is 0.859. The van der Waals surface area contributed by atoms with Gasteiger partial charge >= 0.3 is 29.0 Å². The molecule has 0 fully saturated rings. The molecule has 0 heterocycles. The van der Waals surface area contributed by atoms with Crippen molar-refractivity contribution in [2.24, 2.45) is 5.92 Å². The Morgan fingerprint density at radius 3 is 2.25 bits per heavy atom. The van der Waals surface area contributed by atoms with Crippen LogP contribution in [0.3, 0.4) is 0 Å². The third-order valence-electron chi connectivity index (χ3n) is 3.42. The zero-order valence-corrected chi connectivity index (χ0v) is 9.53. The Hall–Kier alpha value is -0.544. The minimum absolute atomic E-state index is 0. The number of hydrogen-bond acceptors (Lipinski definition) is 1. The molecular formula is C13H20MgO2. The molecule has 1 aromatic rings. The van der Waals surface area contributed by atoms with Crippen LogP contribution >= 0.6 is 0 Å². The van der Waals surface area contributed by atoms with Crippen molar-refractivity contribution in [2.45, 2.75) is 32.6 Å². The fourth-order valence-corrected chi connectivity index (χ4v) is 1.81. The molecule has 0 bridgehead atoms. The topological polar surface area (TPSA) is 37.3 Å². The molecule has 86 valence electrons. The van der Waals surface area contributed by atoms with Crippen LogP contribution < -0.4 is 0 Å². The molecule has 0 spiro atoms. The van der Waals surface area contributed by atoms with Crippen molar-refractivity contribution < 1.29 is 9.90 Å². The molecule has 1 rings (SSSR count). The predicted molar refractivity (Wildman–Crippen MR) is 69.4 cm³/mol. The van der Waals surface area contributed by atoms with Crippen LogP contribution in [0.5, 0.6) is 0 Å². The van der Waals surface area contributed by atoms with Crippen molar-refractivity contribution in [2.75, 3.05) is 0 Å². The van der Waals surface area contributed by atoms with E-state index < -0.39 is 11.4 Å². The summed E-state index contributed by atoms with van der Waals surface area (Å²) in [6.45, 7) is 5.81. The molecular weight excluding hydrogens is 212 g/mol. The molecule has 0 amide bonds. The van der Waals surface area contributed by atoms with Gasteiger partial charge in [0.25, 0.3) is 0 Å². The van der Waals surface area contributed by atoms with Crippen molar-refractivity contribution >= 4 is 29.0 Å². The molecule has 0 radical (unpaired) electrons. The molecule has 0 aliphatic carbocycles. The number of carboxylic acid groups (broad SMARTS) is 1. The van der Waals surface area contributed by atoms with Gasteiger partial charge in [-0.2, -0.15) is 0 Å². The highest BCUT2D eigenvalue weighted by molar-refractivity contribution is 5.81. The molecule has 3 heteroatoms. The highest BCUT2D eigenvalue weighted by atomic mass is 24.3. The third-order valence-corrected chi connectivity index (χ3v) is 3.42. The predicted octanol–water partition coefficient (Wildman–Crippen LogP) is 2.16. The van der Waals surface area contributed by atoms with Gasteiger partial charge in [-0.1, -0.05) is 50.6 Å².